The van der Waals surface area contributed by atoms with Crippen LogP contribution in [0.1, 0.15) is 39.4 Å². The third-order valence-electron chi connectivity index (χ3n) is 3.47. The first kappa shape index (κ1) is 19.0. The highest BCUT2D eigenvalue weighted by atomic mass is 32.2. The summed E-state index contributed by atoms with van der Waals surface area (Å²) in [5.41, 5.74) is 5.96. The molecule has 0 aliphatic carbocycles. The van der Waals surface area contributed by atoms with Gasteiger partial charge in [0.15, 0.2) is 0 Å². The van der Waals surface area contributed by atoms with Crippen molar-refractivity contribution in [2.24, 2.45) is 11.7 Å². The third kappa shape index (κ3) is 4.82. The fourth-order valence-electron chi connectivity index (χ4n) is 2.29. The Morgan fingerprint density at radius 1 is 1.16 bits per heavy atom. The number of benzene rings is 1. The van der Waals surface area contributed by atoms with Crippen LogP contribution in [0.15, 0.2) is 35.5 Å². The zero-order chi connectivity index (χ0) is 18.6. The lowest BCUT2D eigenvalue weighted by Crippen LogP contribution is -2.42. The number of nitrogens with zero attached hydrogens (tertiary/aromatic N) is 3. The van der Waals surface area contributed by atoms with E-state index in [2.05, 4.69) is 15.4 Å². The van der Waals surface area contributed by atoms with Gasteiger partial charge < -0.3 is 5.73 Å². The number of rotatable bonds is 6. The molecule has 134 valence electrons. The Morgan fingerprint density at radius 2 is 1.80 bits per heavy atom. The molecule has 0 radical (unpaired) electrons. The van der Waals surface area contributed by atoms with E-state index in [4.69, 9.17) is 5.73 Å². The molecule has 0 saturated heterocycles. The largest absolute Gasteiger partial charge is 0.351 e. The zero-order valence-corrected chi connectivity index (χ0v) is 15.6. The molecule has 0 unspecified atom stereocenters. The second-order valence-electron chi connectivity index (χ2n) is 6.29. The molecule has 1 aromatic heterocycles. The van der Waals surface area contributed by atoms with Crippen LogP contribution >= 0.6 is 11.8 Å². The van der Waals surface area contributed by atoms with Crippen LogP contribution in [0.3, 0.4) is 0 Å². The van der Waals surface area contributed by atoms with Crippen molar-refractivity contribution < 1.29 is 9.59 Å². The summed E-state index contributed by atoms with van der Waals surface area (Å²) in [4.78, 5) is 27.8. The molecule has 1 aromatic carbocycles. The fraction of sp³-hybridized carbons (Fsp3) is 0.412. The number of imide groups is 1. The van der Waals surface area contributed by atoms with Crippen molar-refractivity contribution in [3.8, 4) is 5.69 Å². The van der Waals surface area contributed by atoms with Crippen LogP contribution in [0.5, 0.6) is 0 Å². The average Bonchev–Trinajstić information content (AvgIpc) is 2.96. The maximum absolute atomic E-state index is 12.2. The van der Waals surface area contributed by atoms with Gasteiger partial charge in [-0.25, -0.2) is 14.5 Å². The maximum atomic E-state index is 12.2. The second kappa shape index (κ2) is 8.15. The van der Waals surface area contributed by atoms with Gasteiger partial charge in [-0.05, 0) is 18.1 Å². The molecule has 25 heavy (non-hydrogen) atoms. The lowest BCUT2D eigenvalue weighted by molar-refractivity contribution is -0.120. The van der Waals surface area contributed by atoms with Crippen LogP contribution in [0.25, 0.3) is 5.69 Å². The van der Waals surface area contributed by atoms with Gasteiger partial charge in [0.1, 0.15) is 5.82 Å². The van der Waals surface area contributed by atoms with Crippen LogP contribution in [-0.4, -0.2) is 32.0 Å². The number of hydrogen-bond donors (Lipinski definition) is 2. The molecular weight excluding hydrogens is 338 g/mol. The summed E-state index contributed by atoms with van der Waals surface area (Å²) >= 11 is 1.23. The minimum atomic E-state index is -0.859. The molecule has 3 N–H and O–H groups in total. The smallest absolute Gasteiger partial charge is 0.318 e. The number of hydrogen-bond acceptors (Lipinski definition) is 5. The SMILES string of the molecule is CC(C)c1nc(S[C@H](C(=O)NC(N)=O)C(C)C)nn1-c1ccccc1. The summed E-state index contributed by atoms with van der Waals surface area (Å²) in [6, 6.07) is 8.86. The van der Waals surface area contributed by atoms with E-state index in [0.717, 1.165) is 11.5 Å². The van der Waals surface area contributed by atoms with Gasteiger partial charge in [0.2, 0.25) is 11.1 Å². The number of amides is 3. The number of aromatic nitrogens is 3. The summed E-state index contributed by atoms with van der Waals surface area (Å²) in [6.07, 6.45) is 0. The predicted octanol–water partition coefficient (Wildman–Crippen LogP) is 2.70. The average molecular weight is 361 g/mol. The fourth-order valence-corrected chi connectivity index (χ4v) is 3.23. The second-order valence-corrected chi connectivity index (χ2v) is 7.40. The molecule has 0 aliphatic rings. The maximum Gasteiger partial charge on any atom is 0.318 e. The lowest BCUT2D eigenvalue weighted by Gasteiger charge is -2.16. The molecule has 8 heteroatoms. The van der Waals surface area contributed by atoms with Gasteiger partial charge in [0.25, 0.3) is 0 Å². The van der Waals surface area contributed by atoms with Gasteiger partial charge >= 0.3 is 6.03 Å². The van der Waals surface area contributed by atoms with Crippen LogP contribution in [0, 0.1) is 5.92 Å². The number of primary amides is 1. The molecule has 1 heterocycles. The number of urea groups is 1. The monoisotopic (exact) mass is 361 g/mol. The van der Waals surface area contributed by atoms with Gasteiger partial charge in [0.05, 0.1) is 10.9 Å². The number of para-hydroxylation sites is 1. The molecule has 7 nitrogen and oxygen atoms in total. The highest BCUT2D eigenvalue weighted by Crippen LogP contribution is 2.28. The molecular formula is C17H23N5O2S. The Kier molecular flexibility index (Phi) is 6.19. The van der Waals surface area contributed by atoms with Crippen molar-refractivity contribution in [3.63, 3.8) is 0 Å². The van der Waals surface area contributed by atoms with E-state index in [-0.39, 0.29) is 11.8 Å². The van der Waals surface area contributed by atoms with Crippen LogP contribution < -0.4 is 11.1 Å². The Labute approximate surface area is 151 Å². The van der Waals surface area contributed by atoms with Crippen molar-refractivity contribution in [2.75, 3.05) is 0 Å². The van der Waals surface area contributed by atoms with Gasteiger partial charge in [-0.1, -0.05) is 57.7 Å². The minimum Gasteiger partial charge on any atom is -0.351 e. The summed E-state index contributed by atoms with van der Waals surface area (Å²) < 4.78 is 1.79. The van der Waals surface area contributed by atoms with Crippen LogP contribution in [0.4, 0.5) is 4.79 Å². The summed E-state index contributed by atoms with van der Waals surface area (Å²) in [5, 5.41) is 6.67. The van der Waals surface area contributed by atoms with Crippen molar-refractivity contribution in [2.45, 2.75) is 44.0 Å². The Bertz CT molecular complexity index is 743. The number of carbonyl (C=O) groups excluding carboxylic acids is 2. The highest BCUT2D eigenvalue weighted by molar-refractivity contribution is 8.00. The first-order valence-electron chi connectivity index (χ1n) is 8.09. The van der Waals surface area contributed by atoms with E-state index >= 15 is 0 Å². The van der Waals surface area contributed by atoms with Crippen molar-refractivity contribution >= 4 is 23.7 Å². The molecule has 0 fully saturated rings. The van der Waals surface area contributed by atoms with Gasteiger partial charge in [-0.2, -0.15) is 0 Å². The quantitative estimate of drug-likeness (QED) is 0.770. The van der Waals surface area contributed by atoms with E-state index in [0.29, 0.717) is 5.16 Å². The molecule has 1 atom stereocenters. The third-order valence-corrected chi connectivity index (χ3v) is 4.87. The highest BCUT2D eigenvalue weighted by Gasteiger charge is 2.27. The van der Waals surface area contributed by atoms with E-state index < -0.39 is 17.2 Å². The van der Waals surface area contributed by atoms with Crippen LogP contribution in [-0.2, 0) is 4.79 Å². The first-order chi connectivity index (χ1) is 11.8. The summed E-state index contributed by atoms with van der Waals surface area (Å²) in [5.74, 6) is 0.524. The first-order valence-corrected chi connectivity index (χ1v) is 8.97. The summed E-state index contributed by atoms with van der Waals surface area (Å²) in [7, 11) is 0. The van der Waals surface area contributed by atoms with Gasteiger partial charge in [-0.15, -0.1) is 5.10 Å². The summed E-state index contributed by atoms with van der Waals surface area (Å²) in [6.45, 7) is 7.88. The topological polar surface area (TPSA) is 103 Å². The van der Waals surface area contributed by atoms with E-state index in [1.807, 2.05) is 58.0 Å². The molecule has 3 amide bonds. The Morgan fingerprint density at radius 3 is 2.32 bits per heavy atom. The zero-order valence-electron chi connectivity index (χ0n) is 14.8. The van der Waals surface area contributed by atoms with Crippen molar-refractivity contribution in [1.82, 2.24) is 20.1 Å². The number of nitrogens with two attached hydrogens (primary N) is 1. The van der Waals surface area contributed by atoms with E-state index in [9.17, 15) is 9.59 Å². The molecule has 2 aromatic rings. The van der Waals surface area contributed by atoms with Crippen molar-refractivity contribution in [1.29, 1.82) is 0 Å². The normalized spacial score (nSPS) is 12.4. The Balaban J connectivity index is 2.32. The molecule has 0 spiro atoms. The van der Waals surface area contributed by atoms with E-state index in [1.54, 1.807) is 4.68 Å². The number of thioether (sulfide) groups is 1. The lowest BCUT2D eigenvalue weighted by atomic mass is 10.1. The molecule has 0 saturated carbocycles. The standard InChI is InChI=1S/C17H23N5O2S/c1-10(2)13(15(23)20-16(18)24)25-17-19-14(11(3)4)22(21-17)12-8-6-5-7-9-12/h5-11,13H,1-4H3,(H3,18,20,23,24)/t13-/m0/s1. The van der Waals surface area contributed by atoms with Gasteiger partial charge in [0, 0.05) is 5.92 Å². The molecule has 0 bridgehead atoms. The van der Waals surface area contributed by atoms with E-state index in [1.165, 1.54) is 11.8 Å². The van der Waals surface area contributed by atoms with Crippen molar-refractivity contribution in [3.05, 3.63) is 36.2 Å². The Hall–Kier alpha value is -2.35. The predicted molar refractivity (Wildman–Crippen MR) is 97.7 cm³/mol. The molecule has 2 rings (SSSR count). The number of carbonyl (C=O) groups is 2. The van der Waals surface area contributed by atoms with Crippen LogP contribution in [0.2, 0.25) is 0 Å². The minimum absolute atomic E-state index is 0.0180. The molecule has 0 aliphatic heterocycles. The number of nitrogens with one attached hydrogen (secondary N) is 1. The van der Waals surface area contributed by atoms with Gasteiger partial charge in [-0.3, -0.25) is 10.1 Å².